The summed E-state index contributed by atoms with van der Waals surface area (Å²) in [5.74, 6) is 0.0687. The van der Waals surface area contributed by atoms with Crippen molar-refractivity contribution in [3.05, 3.63) is 0 Å². The van der Waals surface area contributed by atoms with E-state index >= 15 is 0 Å². The standard InChI is InChI=1S/C5H12N6/c1-10-3-8-11(2)5(10)9-4(6)7/h3,5H,1-2H3,(H4,6,7,9). The molecule has 0 saturated heterocycles. The normalized spacial score (nSPS) is 22.5. The average molecular weight is 156 g/mol. The molecule has 0 aromatic carbocycles. The van der Waals surface area contributed by atoms with Crippen molar-refractivity contribution >= 4 is 12.3 Å². The van der Waals surface area contributed by atoms with Crippen LogP contribution < -0.4 is 11.5 Å². The van der Waals surface area contributed by atoms with Crippen molar-refractivity contribution in [1.29, 1.82) is 0 Å². The number of guanidine groups is 1. The number of nitrogens with zero attached hydrogens (tertiary/aromatic N) is 4. The second-order valence-corrected chi connectivity index (χ2v) is 2.37. The fraction of sp³-hybridized carbons (Fsp3) is 0.600. The van der Waals surface area contributed by atoms with Crippen LogP contribution in [0.3, 0.4) is 0 Å². The molecule has 1 heterocycles. The highest BCUT2D eigenvalue weighted by atomic mass is 15.6. The maximum atomic E-state index is 5.22. The highest BCUT2D eigenvalue weighted by Crippen LogP contribution is 2.07. The van der Waals surface area contributed by atoms with E-state index in [0.717, 1.165) is 0 Å². The van der Waals surface area contributed by atoms with Crippen LogP contribution >= 0.6 is 0 Å². The predicted molar refractivity (Wildman–Crippen MR) is 43.6 cm³/mol. The molecule has 0 spiro atoms. The minimum Gasteiger partial charge on any atom is -0.370 e. The molecule has 0 saturated carbocycles. The summed E-state index contributed by atoms with van der Waals surface area (Å²) in [6.45, 7) is 0. The Hall–Kier alpha value is -1.46. The number of aliphatic imine (C=N–C) groups is 1. The molecule has 1 atom stereocenters. The first-order chi connectivity index (χ1) is 5.11. The van der Waals surface area contributed by atoms with Gasteiger partial charge in [-0.15, -0.1) is 0 Å². The number of nitrogens with two attached hydrogens (primary N) is 2. The lowest BCUT2D eigenvalue weighted by Crippen LogP contribution is -2.37. The Morgan fingerprint density at radius 1 is 1.55 bits per heavy atom. The van der Waals surface area contributed by atoms with Crippen molar-refractivity contribution in [3.63, 3.8) is 0 Å². The van der Waals surface area contributed by atoms with Crippen molar-refractivity contribution in [3.8, 4) is 0 Å². The average Bonchev–Trinajstić information content (AvgIpc) is 2.18. The minimum atomic E-state index is -0.194. The Balaban J connectivity index is 2.66. The quantitative estimate of drug-likeness (QED) is 0.352. The van der Waals surface area contributed by atoms with Crippen LogP contribution in [0.15, 0.2) is 10.1 Å². The van der Waals surface area contributed by atoms with Crippen molar-refractivity contribution in [2.45, 2.75) is 6.29 Å². The lowest BCUT2D eigenvalue weighted by molar-refractivity contribution is 0.190. The maximum absolute atomic E-state index is 5.22. The van der Waals surface area contributed by atoms with E-state index < -0.39 is 0 Å². The molecule has 0 amide bonds. The van der Waals surface area contributed by atoms with Gasteiger partial charge >= 0.3 is 0 Å². The van der Waals surface area contributed by atoms with Crippen molar-refractivity contribution in [2.75, 3.05) is 14.1 Å². The molecular formula is C5H12N6. The molecule has 6 heteroatoms. The molecule has 1 rings (SSSR count). The van der Waals surface area contributed by atoms with E-state index in [9.17, 15) is 0 Å². The summed E-state index contributed by atoms with van der Waals surface area (Å²) in [7, 11) is 3.65. The summed E-state index contributed by atoms with van der Waals surface area (Å²) in [5.41, 5.74) is 10.4. The molecule has 11 heavy (non-hydrogen) atoms. The second kappa shape index (κ2) is 2.65. The molecule has 0 aliphatic carbocycles. The highest BCUT2D eigenvalue weighted by Gasteiger charge is 2.20. The lowest BCUT2D eigenvalue weighted by Gasteiger charge is -2.20. The molecule has 1 aliphatic rings. The first-order valence-corrected chi connectivity index (χ1v) is 3.19. The third kappa shape index (κ3) is 1.51. The van der Waals surface area contributed by atoms with Gasteiger partial charge in [-0.05, 0) is 0 Å². The molecule has 1 unspecified atom stereocenters. The molecular weight excluding hydrogens is 144 g/mol. The van der Waals surface area contributed by atoms with E-state index in [1.807, 2.05) is 7.05 Å². The van der Waals surface area contributed by atoms with Crippen LogP contribution in [0.1, 0.15) is 0 Å². The third-order valence-electron chi connectivity index (χ3n) is 1.38. The smallest absolute Gasteiger partial charge is 0.217 e. The maximum Gasteiger partial charge on any atom is 0.217 e. The zero-order chi connectivity index (χ0) is 8.43. The summed E-state index contributed by atoms with van der Waals surface area (Å²) in [4.78, 5) is 5.74. The monoisotopic (exact) mass is 156 g/mol. The predicted octanol–water partition coefficient (Wildman–Crippen LogP) is -1.64. The summed E-state index contributed by atoms with van der Waals surface area (Å²) in [5, 5.41) is 5.63. The molecule has 0 bridgehead atoms. The Labute approximate surface area is 65.2 Å². The summed E-state index contributed by atoms with van der Waals surface area (Å²) < 4.78 is 0. The van der Waals surface area contributed by atoms with E-state index in [2.05, 4.69) is 10.1 Å². The SMILES string of the molecule is CN1C=NN(C)C1N=C(N)N. The van der Waals surface area contributed by atoms with Gasteiger partial charge in [0.15, 0.2) is 5.96 Å². The van der Waals surface area contributed by atoms with E-state index in [4.69, 9.17) is 11.5 Å². The first-order valence-electron chi connectivity index (χ1n) is 3.19. The molecule has 0 fully saturated rings. The fourth-order valence-electron chi connectivity index (χ4n) is 0.854. The Kier molecular flexibility index (Phi) is 1.84. The largest absolute Gasteiger partial charge is 0.370 e. The molecule has 0 radical (unpaired) electrons. The Bertz CT molecular complexity index is 181. The number of hydrazone groups is 1. The van der Waals surface area contributed by atoms with Crippen LogP contribution in [0.5, 0.6) is 0 Å². The summed E-state index contributed by atoms with van der Waals surface area (Å²) in [6.07, 6.45) is 1.47. The molecule has 0 aromatic rings. The van der Waals surface area contributed by atoms with Gasteiger partial charge < -0.3 is 16.4 Å². The van der Waals surface area contributed by atoms with E-state index in [1.165, 1.54) is 0 Å². The van der Waals surface area contributed by atoms with Crippen LogP contribution in [-0.4, -0.2) is 42.6 Å². The molecule has 0 aromatic heterocycles. The molecule has 6 nitrogen and oxygen atoms in total. The van der Waals surface area contributed by atoms with Gasteiger partial charge in [0, 0.05) is 14.1 Å². The zero-order valence-electron chi connectivity index (χ0n) is 6.60. The van der Waals surface area contributed by atoms with Gasteiger partial charge in [0.05, 0.1) is 0 Å². The van der Waals surface area contributed by atoms with Gasteiger partial charge in [-0.25, -0.2) is 4.99 Å². The Morgan fingerprint density at radius 2 is 2.18 bits per heavy atom. The van der Waals surface area contributed by atoms with Crippen molar-refractivity contribution in [1.82, 2.24) is 9.91 Å². The van der Waals surface area contributed by atoms with Crippen LogP contribution in [0.25, 0.3) is 0 Å². The van der Waals surface area contributed by atoms with E-state index in [1.54, 1.807) is 23.3 Å². The van der Waals surface area contributed by atoms with E-state index in [0.29, 0.717) is 0 Å². The van der Waals surface area contributed by atoms with Crippen molar-refractivity contribution in [2.24, 2.45) is 21.6 Å². The van der Waals surface area contributed by atoms with E-state index in [-0.39, 0.29) is 12.2 Å². The third-order valence-corrected chi connectivity index (χ3v) is 1.38. The Morgan fingerprint density at radius 3 is 2.55 bits per heavy atom. The van der Waals surface area contributed by atoms with Gasteiger partial charge in [0.1, 0.15) is 6.34 Å². The summed E-state index contributed by atoms with van der Waals surface area (Å²) in [6, 6.07) is 0. The first kappa shape index (κ1) is 7.64. The lowest BCUT2D eigenvalue weighted by atomic mass is 10.7. The molecule has 4 N–H and O–H groups in total. The van der Waals surface area contributed by atoms with Crippen LogP contribution in [0.4, 0.5) is 0 Å². The van der Waals surface area contributed by atoms with Crippen molar-refractivity contribution < 1.29 is 0 Å². The van der Waals surface area contributed by atoms with Crippen LogP contribution in [0, 0.1) is 0 Å². The number of hydrogen-bond donors (Lipinski definition) is 2. The second-order valence-electron chi connectivity index (χ2n) is 2.37. The number of hydrogen-bond acceptors (Lipinski definition) is 4. The molecule has 62 valence electrons. The minimum absolute atomic E-state index is 0.0687. The molecule has 1 aliphatic heterocycles. The van der Waals surface area contributed by atoms with Crippen LogP contribution in [-0.2, 0) is 0 Å². The summed E-state index contributed by atoms with van der Waals surface area (Å²) >= 11 is 0. The van der Waals surface area contributed by atoms with Gasteiger partial charge in [0.25, 0.3) is 0 Å². The topological polar surface area (TPSA) is 83.2 Å². The zero-order valence-corrected chi connectivity index (χ0v) is 6.60. The highest BCUT2D eigenvalue weighted by molar-refractivity contribution is 5.76. The van der Waals surface area contributed by atoms with Gasteiger partial charge in [-0.2, -0.15) is 5.10 Å². The number of rotatable bonds is 1. The van der Waals surface area contributed by atoms with Gasteiger partial charge in [-0.3, -0.25) is 5.01 Å². The van der Waals surface area contributed by atoms with Gasteiger partial charge in [0.2, 0.25) is 6.29 Å². The van der Waals surface area contributed by atoms with Crippen LogP contribution in [0.2, 0.25) is 0 Å². The van der Waals surface area contributed by atoms with Gasteiger partial charge in [-0.1, -0.05) is 0 Å². The fourth-order valence-corrected chi connectivity index (χ4v) is 0.854.